The number of nitrogens with one attached hydrogen (secondary N) is 1. The van der Waals surface area contributed by atoms with Crippen LogP contribution >= 0.6 is 0 Å². The molecule has 1 fully saturated rings. The summed E-state index contributed by atoms with van der Waals surface area (Å²) in [4.78, 5) is 2.39. The van der Waals surface area contributed by atoms with Crippen molar-refractivity contribution in [1.29, 1.82) is 0 Å². The number of nitrogens with zero attached hydrogens (tertiary/aromatic N) is 1. The topological polar surface area (TPSA) is 44.7 Å². The zero-order chi connectivity index (χ0) is 15.0. The third-order valence-electron chi connectivity index (χ3n) is 3.91. The molecule has 0 bridgehead atoms. The maximum absolute atomic E-state index is 9.92. The molecule has 1 saturated heterocycles. The van der Waals surface area contributed by atoms with E-state index in [0.717, 1.165) is 18.9 Å². The zero-order valence-corrected chi connectivity index (χ0v) is 13.8. The average molecular weight is 286 g/mol. The molecule has 1 rings (SSSR count). The second-order valence-electron chi connectivity index (χ2n) is 6.86. The van der Waals surface area contributed by atoms with Gasteiger partial charge in [-0.15, -0.1) is 0 Å². The van der Waals surface area contributed by atoms with Crippen LogP contribution in [0.25, 0.3) is 0 Å². The first-order chi connectivity index (χ1) is 9.47. The lowest BCUT2D eigenvalue weighted by Crippen LogP contribution is -2.40. The minimum Gasteiger partial charge on any atom is -0.389 e. The third kappa shape index (κ3) is 8.20. The molecule has 0 aliphatic carbocycles. The van der Waals surface area contributed by atoms with Crippen LogP contribution in [0.4, 0.5) is 0 Å². The number of rotatable bonds is 9. The van der Waals surface area contributed by atoms with Gasteiger partial charge in [-0.2, -0.15) is 0 Å². The number of likely N-dealkylation sites (tertiary alicyclic amines) is 1. The van der Waals surface area contributed by atoms with Gasteiger partial charge in [-0.3, -0.25) is 0 Å². The van der Waals surface area contributed by atoms with E-state index in [0.29, 0.717) is 19.1 Å². The summed E-state index contributed by atoms with van der Waals surface area (Å²) in [6, 6.07) is 0. The molecule has 1 aliphatic rings. The van der Waals surface area contributed by atoms with Crippen molar-refractivity contribution < 1.29 is 9.84 Å². The van der Waals surface area contributed by atoms with E-state index in [4.69, 9.17) is 4.74 Å². The quantitative estimate of drug-likeness (QED) is 0.677. The number of aliphatic hydroxyl groups excluding tert-OH is 1. The Morgan fingerprint density at radius 1 is 1.35 bits per heavy atom. The van der Waals surface area contributed by atoms with Crippen molar-refractivity contribution in [2.75, 3.05) is 39.8 Å². The summed E-state index contributed by atoms with van der Waals surface area (Å²) in [6.07, 6.45) is 3.48. The largest absolute Gasteiger partial charge is 0.389 e. The van der Waals surface area contributed by atoms with Gasteiger partial charge < -0.3 is 20.1 Å². The van der Waals surface area contributed by atoms with Crippen molar-refractivity contribution in [3.05, 3.63) is 0 Å². The smallest absolute Gasteiger partial charge is 0.0897 e. The van der Waals surface area contributed by atoms with Gasteiger partial charge in [0.05, 0.1) is 18.8 Å². The summed E-state index contributed by atoms with van der Waals surface area (Å²) < 4.78 is 5.68. The maximum Gasteiger partial charge on any atom is 0.0897 e. The highest BCUT2D eigenvalue weighted by Gasteiger charge is 2.17. The molecule has 4 heteroatoms. The van der Waals surface area contributed by atoms with Crippen molar-refractivity contribution in [2.24, 2.45) is 11.8 Å². The minimum absolute atomic E-state index is 0.233. The Morgan fingerprint density at radius 2 is 2.10 bits per heavy atom. The molecule has 4 nitrogen and oxygen atoms in total. The molecule has 0 amide bonds. The van der Waals surface area contributed by atoms with E-state index in [2.05, 4.69) is 38.0 Å². The summed E-state index contributed by atoms with van der Waals surface area (Å²) in [7, 11) is 2.19. The Bertz CT molecular complexity index is 249. The van der Waals surface area contributed by atoms with Crippen molar-refractivity contribution >= 4 is 0 Å². The number of piperidine rings is 1. The summed E-state index contributed by atoms with van der Waals surface area (Å²) in [6.45, 7) is 10.9. The molecule has 0 saturated carbocycles. The Morgan fingerprint density at radius 3 is 2.75 bits per heavy atom. The first kappa shape index (κ1) is 17.9. The first-order valence-electron chi connectivity index (χ1n) is 8.16. The summed E-state index contributed by atoms with van der Waals surface area (Å²) in [5.74, 6) is 1.37. The number of hydrogen-bond acceptors (Lipinski definition) is 4. The molecule has 0 aromatic rings. The zero-order valence-electron chi connectivity index (χ0n) is 13.8. The fourth-order valence-corrected chi connectivity index (χ4v) is 2.96. The molecule has 3 atom stereocenters. The van der Waals surface area contributed by atoms with Gasteiger partial charge in [0.1, 0.15) is 0 Å². The van der Waals surface area contributed by atoms with Gasteiger partial charge in [-0.1, -0.05) is 13.8 Å². The molecular formula is C16H34N2O2. The summed E-state index contributed by atoms with van der Waals surface area (Å²) >= 11 is 0. The predicted octanol–water partition coefficient (Wildman–Crippen LogP) is 1.73. The van der Waals surface area contributed by atoms with Gasteiger partial charge in [0, 0.05) is 13.1 Å². The van der Waals surface area contributed by atoms with Crippen LogP contribution in [-0.2, 0) is 4.74 Å². The van der Waals surface area contributed by atoms with E-state index in [9.17, 15) is 5.11 Å². The molecule has 3 unspecified atom stereocenters. The number of hydrogen-bond donors (Lipinski definition) is 2. The Balaban J connectivity index is 2.03. The Labute approximate surface area is 124 Å². The van der Waals surface area contributed by atoms with E-state index in [1.807, 2.05) is 0 Å². The lowest BCUT2D eigenvalue weighted by atomic mass is 9.98. The lowest BCUT2D eigenvalue weighted by molar-refractivity contribution is -0.00887. The van der Waals surface area contributed by atoms with E-state index < -0.39 is 6.10 Å². The molecule has 120 valence electrons. The SMILES string of the molecule is CC(C)CC(C)OCC(O)CNCC1CCCN(C)C1. The van der Waals surface area contributed by atoms with Crippen LogP contribution in [0.3, 0.4) is 0 Å². The van der Waals surface area contributed by atoms with Crippen molar-refractivity contribution in [2.45, 2.75) is 52.2 Å². The van der Waals surface area contributed by atoms with E-state index in [-0.39, 0.29) is 6.10 Å². The van der Waals surface area contributed by atoms with Crippen LogP contribution in [0.5, 0.6) is 0 Å². The maximum atomic E-state index is 9.92. The molecule has 0 spiro atoms. The second kappa shape index (κ2) is 9.72. The Kier molecular flexibility index (Phi) is 8.69. The molecular weight excluding hydrogens is 252 g/mol. The van der Waals surface area contributed by atoms with Crippen LogP contribution in [0.2, 0.25) is 0 Å². The molecule has 2 N–H and O–H groups in total. The molecule has 1 heterocycles. The number of aliphatic hydroxyl groups is 1. The minimum atomic E-state index is -0.397. The summed E-state index contributed by atoms with van der Waals surface area (Å²) in [5.41, 5.74) is 0. The molecule has 1 aliphatic heterocycles. The fraction of sp³-hybridized carbons (Fsp3) is 1.00. The van der Waals surface area contributed by atoms with Crippen LogP contribution in [0.15, 0.2) is 0 Å². The monoisotopic (exact) mass is 286 g/mol. The van der Waals surface area contributed by atoms with Gasteiger partial charge in [-0.05, 0) is 58.2 Å². The van der Waals surface area contributed by atoms with Gasteiger partial charge >= 0.3 is 0 Å². The average Bonchev–Trinajstić information content (AvgIpc) is 2.36. The van der Waals surface area contributed by atoms with Crippen molar-refractivity contribution in [3.8, 4) is 0 Å². The normalized spacial score (nSPS) is 24.0. The standard InChI is InChI=1S/C16H34N2O2/c1-13(2)8-14(3)20-12-16(19)10-17-9-15-6-5-7-18(4)11-15/h13-17,19H,5-12H2,1-4H3. The predicted molar refractivity (Wildman–Crippen MR) is 84.0 cm³/mol. The number of ether oxygens (including phenoxy) is 1. The highest BCUT2D eigenvalue weighted by atomic mass is 16.5. The highest BCUT2D eigenvalue weighted by molar-refractivity contribution is 4.73. The fourth-order valence-electron chi connectivity index (χ4n) is 2.96. The van der Waals surface area contributed by atoms with Gasteiger partial charge in [0.15, 0.2) is 0 Å². The van der Waals surface area contributed by atoms with Crippen LogP contribution in [-0.4, -0.2) is 62.0 Å². The van der Waals surface area contributed by atoms with Crippen LogP contribution in [0, 0.1) is 11.8 Å². The lowest BCUT2D eigenvalue weighted by Gasteiger charge is -2.30. The van der Waals surface area contributed by atoms with Gasteiger partial charge in [0.25, 0.3) is 0 Å². The third-order valence-corrected chi connectivity index (χ3v) is 3.91. The van der Waals surface area contributed by atoms with E-state index >= 15 is 0 Å². The molecule has 0 radical (unpaired) electrons. The summed E-state index contributed by atoms with van der Waals surface area (Å²) in [5, 5.41) is 13.3. The molecule has 0 aromatic carbocycles. The van der Waals surface area contributed by atoms with Crippen LogP contribution < -0.4 is 5.32 Å². The first-order valence-corrected chi connectivity index (χ1v) is 8.16. The highest BCUT2D eigenvalue weighted by Crippen LogP contribution is 2.13. The van der Waals surface area contributed by atoms with Crippen LogP contribution in [0.1, 0.15) is 40.0 Å². The van der Waals surface area contributed by atoms with E-state index in [1.54, 1.807) is 0 Å². The second-order valence-corrected chi connectivity index (χ2v) is 6.86. The van der Waals surface area contributed by atoms with Crippen molar-refractivity contribution in [1.82, 2.24) is 10.2 Å². The van der Waals surface area contributed by atoms with Gasteiger partial charge in [-0.25, -0.2) is 0 Å². The van der Waals surface area contributed by atoms with Gasteiger partial charge in [0.2, 0.25) is 0 Å². The molecule has 0 aromatic heterocycles. The molecule has 20 heavy (non-hydrogen) atoms. The Hall–Kier alpha value is -0.160. The van der Waals surface area contributed by atoms with E-state index in [1.165, 1.54) is 25.9 Å². The van der Waals surface area contributed by atoms with Crippen molar-refractivity contribution in [3.63, 3.8) is 0 Å².